The second-order valence-corrected chi connectivity index (χ2v) is 5.55. The average molecular weight is 273 g/mol. The monoisotopic (exact) mass is 271 g/mol. The number of rotatable bonds is 2. The van der Waals surface area contributed by atoms with E-state index in [2.05, 4.69) is 0 Å². The summed E-state index contributed by atoms with van der Waals surface area (Å²) in [6.07, 6.45) is 3.46. The number of ether oxygens (including phenoxy) is 1. The summed E-state index contributed by atoms with van der Waals surface area (Å²) in [4.78, 5) is 11.6. The van der Waals surface area contributed by atoms with Crippen LogP contribution >= 0.6 is 34.8 Å². The van der Waals surface area contributed by atoms with Crippen LogP contribution in [0.15, 0.2) is 12.4 Å². The van der Waals surface area contributed by atoms with Crippen LogP contribution in [-0.4, -0.2) is 20.9 Å². The first-order chi connectivity index (χ1) is 6.81. The number of carbonyl (C=O) groups is 1. The van der Waals surface area contributed by atoms with E-state index in [0.717, 1.165) is 0 Å². The molecule has 4 nitrogen and oxygen atoms in total. The number of hydrogen-bond acceptors (Lipinski definition) is 2. The van der Waals surface area contributed by atoms with E-state index in [1.807, 2.05) is 0 Å². The quantitative estimate of drug-likeness (QED) is 0.463. The maximum atomic E-state index is 11.6. The minimum atomic E-state index is -1.58. The highest BCUT2D eigenvalue weighted by Gasteiger charge is 2.27. The summed E-state index contributed by atoms with van der Waals surface area (Å²) in [6, 6.07) is 0. The second-order valence-electron chi connectivity index (χ2n) is 3.03. The number of aromatic nitrogens is 2. The van der Waals surface area contributed by atoms with Crippen molar-refractivity contribution in [2.45, 2.75) is 3.79 Å². The van der Waals surface area contributed by atoms with Crippen molar-refractivity contribution in [1.29, 1.82) is 0 Å². The van der Waals surface area contributed by atoms with Gasteiger partial charge in [-0.1, -0.05) is 34.8 Å². The van der Waals surface area contributed by atoms with Gasteiger partial charge in [-0.15, -0.1) is 0 Å². The van der Waals surface area contributed by atoms with Crippen LogP contribution in [0.5, 0.6) is 0 Å². The number of nitrogens with zero attached hydrogens (tertiary/aromatic N) is 2. The smallest absolute Gasteiger partial charge is 0.422 e. The highest BCUT2D eigenvalue weighted by atomic mass is 35.6. The fraction of sp³-hybridized carbons (Fsp3) is 0.500. The van der Waals surface area contributed by atoms with Gasteiger partial charge >= 0.3 is 11.8 Å². The van der Waals surface area contributed by atoms with E-state index in [1.54, 1.807) is 35.6 Å². The van der Waals surface area contributed by atoms with E-state index in [1.165, 1.54) is 0 Å². The summed E-state index contributed by atoms with van der Waals surface area (Å²) in [5, 5.41) is 0. The molecule has 0 spiro atoms. The average Bonchev–Trinajstić information content (AvgIpc) is 2.41. The van der Waals surface area contributed by atoms with Crippen LogP contribution in [0.4, 0.5) is 0 Å². The number of aryl methyl sites for hydroxylation is 2. The molecular weight excluding hydrogens is 262 g/mol. The molecule has 7 heteroatoms. The summed E-state index contributed by atoms with van der Waals surface area (Å²) in [7, 11) is 3.46. The Morgan fingerprint density at radius 1 is 1.60 bits per heavy atom. The third-order valence-electron chi connectivity index (χ3n) is 1.73. The molecule has 0 aliphatic heterocycles. The van der Waals surface area contributed by atoms with Gasteiger partial charge in [-0.3, -0.25) is 0 Å². The topological polar surface area (TPSA) is 35.1 Å². The van der Waals surface area contributed by atoms with Crippen molar-refractivity contribution in [3.63, 3.8) is 0 Å². The fourth-order valence-electron chi connectivity index (χ4n) is 1.09. The molecule has 1 heterocycles. The van der Waals surface area contributed by atoms with E-state index >= 15 is 0 Å². The van der Waals surface area contributed by atoms with Crippen molar-refractivity contribution < 1.29 is 14.1 Å². The molecule has 1 rings (SSSR count). The molecule has 0 atom stereocenters. The van der Waals surface area contributed by atoms with Crippen molar-refractivity contribution in [2.24, 2.45) is 14.1 Å². The van der Waals surface area contributed by atoms with Crippen molar-refractivity contribution >= 4 is 40.8 Å². The van der Waals surface area contributed by atoms with Crippen LogP contribution in [0.3, 0.4) is 0 Å². The summed E-state index contributed by atoms with van der Waals surface area (Å²) < 4.78 is 6.50. The molecule has 0 unspecified atom stereocenters. The lowest BCUT2D eigenvalue weighted by molar-refractivity contribution is -0.673. The zero-order valence-corrected chi connectivity index (χ0v) is 10.5. The number of esters is 1. The molecule has 84 valence electrons. The molecule has 1 aromatic heterocycles. The zero-order chi connectivity index (χ0) is 11.6. The van der Waals surface area contributed by atoms with Gasteiger partial charge in [0.1, 0.15) is 19.0 Å². The van der Waals surface area contributed by atoms with E-state index in [4.69, 9.17) is 39.5 Å². The third-order valence-corrected chi connectivity index (χ3v) is 2.06. The van der Waals surface area contributed by atoms with Crippen LogP contribution in [0.1, 0.15) is 10.6 Å². The Morgan fingerprint density at radius 2 is 2.20 bits per heavy atom. The first-order valence-electron chi connectivity index (χ1n) is 4.06. The minimum Gasteiger partial charge on any atom is -0.452 e. The Bertz CT molecular complexity index is 351. The maximum absolute atomic E-state index is 11.6. The van der Waals surface area contributed by atoms with Gasteiger partial charge in [-0.25, -0.2) is 13.9 Å². The van der Waals surface area contributed by atoms with Crippen molar-refractivity contribution in [1.82, 2.24) is 4.57 Å². The highest BCUT2D eigenvalue weighted by Crippen LogP contribution is 2.26. The normalized spacial score (nSPS) is 11.5. The van der Waals surface area contributed by atoms with Gasteiger partial charge in [-0.2, -0.15) is 0 Å². The standard InChI is InChI=1S/C8H10Cl3N2O2/c1-12-3-4-13(2)6(12)7(14)15-5-8(9,10)11/h3-4H,5H2,1-2H3/q+1. The van der Waals surface area contributed by atoms with Crippen molar-refractivity contribution in [2.75, 3.05) is 6.61 Å². The molecule has 15 heavy (non-hydrogen) atoms. The van der Waals surface area contributed by atoms with Gasteiger partial charge < -0.3 is 4.74 Å². The number of alkyl halides is 3. The first kappa shape index (κ1) is 12.6. The Balaban J connectivity index is 2.70. The van der Waals surface area contributed by atoms with Crippen molar-refractivity contribution in [3.8, 4) is 0 Å². The number of hydrogen-bond donors (Lipinski definition) is 0. The first-order valence-corrected chi connectivity index (χ1v) is 5.19. The number of halogens is 3. The number of carbonyl (C=O) groups excluding carboxylic acids is 1. The third kappa shape index (κ3) is 3.55. The van der Waals surface area contributed by atoms with Gasteiger partial charge in [0, 0.05) is 0 Å². The molecule has 0 aliphatic carbocycles. The Labute approximate surface area is 102 Å². The van der Waals surface area contributed by atoms with Gasteiger partial charge in [-0.05, 0) is 0 Å². The molecule has 0 saturated heterocycles. The SMILES string of the molecule is Cn1cc[n+](C)c1C(=O)OCC(Cl)(Cl)Cl. The minimum absolute atomic E-state index is 0.276. The van der Waals surface area contributed by atoms with Gasteiger partial charge in [0.25, 0.3) is 0 Å². The van der Waals surface area contributed by atoms with E-state index in [0.29, 0.717) is 5.82 Å². The van der Waals surface area contributed by atoms with Crippen LogP contribution in [0.2, 0.25) is 0 Å². The van der Waals surface area contributed by atoms with Gasteiger partial charge in [0.15, 0.2) is 0 Å². The highest BCUT2D eigenvalue weighted by molar-refractivity contribution is 6.67. The Kier molecular flexibility index (Phi) is 3.87. The Hall–Kier alpha value is -0.450. The molecule has 0 aliphatic rings. The summed E-state index contributed by atoms with van der Waals surface area (Å²) >= 11 is 16.4. The summed E-state index contributed by atoms with van der Waals surface area (Å²) in [6.45, 7) is -0.276. The molecule has 0 aromatic carbocycles. The van der Waals surface area contributed by atoms with E-state index in [-0.39, 0.29) is 6.61 Å². The molecule has 0 bridgehead atoms. The predicted octanol–water partition coefficient (Wildman–Crippen LogP) is 1.38. The van der Waals surface area contributed by atoms with Crippen molar-refractivity contribution in [3.05, 3.63) is 18.2 Å². The van der Waals surface area contributed by atoms with Crippen LogP contribution in [-0.2, 0) is 18.8 Å². The molecule has 0 radical (unpaired) electrons. The lowest BCUT2D eigenvalue weighted by Gasteiger charge is -2.09. The molecule has 0 fully saturated rings. The second kappa shape index (κ2) is 4.60. The van der Waals surface area contributed by atoms with Crippen LogP contribution in [0.25, 0.3) is 0 Å². The van der Waals surface area contributed by atoms with E-state index in [9.17, 15) is 4.79 Å². The van der Waals surface area contributed by atoms with E-state index < -0.39 is 9.76 Å². The molecular formula is C8H10Cl3N2O2+. The van der Waals surface area contributed by atoms with Gasteiger partial charge in [0.2, 0.25) is 3.79 Å². The number of imidazole rings is 1. The maximum Gasteiger partial charge on any atom is 0.422 e. The predicted molar refractivity (Wildman–Crippen MR) is 57.2 cm³/mol. The Morgan fingerprint density at radius 3 is 2.60 bits per heavy atom. The largest absolute Gasteiger partial charge is 0.452 e. The van der Waals surface area contributed by atoms with Crippen LogP contribution in [0, 0.1) is 0 Å². The van der Waals surface area contributed by atoms with Crippen LogP contribution < -0.4 is 4.57 Å². The lowest BCUT2D eigenvalue weighted by atomic mass is 10.6. The summed E-state index contributed by atoms with van der Waals surface area (Å²) in [5.74, 6) is -0.152. The lowest BCUT2D eigenvalue weighted by Crippen LogP contribution is -2.36. The molecule has 0 amide bonds. The zero-order valence-electron chi connectivity index (χ0n) is 8.21. The molecule has 1 aromatic rings. The summed E-state index contributed by atoms with van der Waals surface area (Å²) in [5.41, 5.74) is 0. The molecule has 0 N–H and O–H groups in total. The van der Waals surface area contributed by atoms with Gasteiger partial charge in [0.05, 0.1) is 14.1 Å². The fourth-order valence-corrected chi connectivity index (χ4v) is 1.25. The molecule has 0 saturated carbocycles.